The van der Waals surface area contributed by atoms with Crippen molar-refractivity contribution in [1.82, 2.24) is 9.62 Å². The highest BCUT2D eigenvalue weighted by Gasteiger charge is 2.42. The summed E-state index contributed by atoms with van der Waals surface area (Å²) >= 11 is 11.8. The lowest BCUT2D eigenvalue weighted by molar-refractivity contribution is 0.448. The molecule has 110 valence electrons. The highest BCUT2D eigenvalue weighted by Crippen LogP contribution is 2.36. The molecule has 0 aromatic heterocycles. The van der Waals surface area contributed by atoms with E-state index in [2.05, 4.69) is 5.32 Å². The van der Waals surface area contributed by atoms with Crippen LogP contribution in [0.4, 0.5) is 4.39 Å². The quantitative estimate of drug-likeness (QED) is 0.896. The first-order valence-corrected chi connectivity index (χ1v) is 8.44. The third-order valence-electron chi connectivity index (χ3n) is 3.92. The van der Waals surface area contributed by atoms with Crippen LogP contribution in [0.3, 0.4) is 0 Å². The van der Waals surface area contributed by atoms with Gasteiger partial charge in [0.25, 0.3) is 0 Å². The molecule has 1 aromatic carbocycles. The van der Waals surface area contributed by atoms with Gasteiger partial charge in [-0.1, -0.05) is 23.2 Å². The molecule has 2 saturated heterocycles. The first-order valence-electron chi connectivity index (χ1n) is 6.25. The highest BCUT2D eigenvalue weighted by molar-refractivity contribution is 7.89. The number of rotatable bonds is 2. The lowest BCUT2D eigenvalue weighted by Crippen LogP contribution is -2.32. The molecule has 1 aromatic rings. The Kier molecular flexibility index (Phi) is 3.71. The van der Waals surface area contributed by atoms with Crippen molar-refractivity contribution in [1.29, 1.82) is 0 Å². The maximum absolute atomic E-state index is 13.2. The Bertz CT molecular complexity index is 618. The van der Waals surface area contributed by atoms with E-state index in [1.165, 1.54) is 4.31 Å². The molecule has 1 N–H and O–H groups in total. The lowest BCUT2D eigenvalue weighted by atomic mass is 10.0. The van der Waals surface area contributed by atoms with Crippen LogP contribution in [0.5, 0.6) is 0 Å². The van der Waals surface area contributed by atoms with Crippen molar-refractivity contribution >= 4 is 33.2 Å². The fraction of sp³-hybridized carbons (Fsp3) is 0.500. The van der Waals surface area contributed by atoms with Gasteiger partial charge < -0.3 is 5.32 Å². The van der Waals surface area contributed by atoms with Gasteiger partial charge in [0.05, 0.1) is 10.0 Å². The minimum Gasteiger partial charge on any atom is -0.316 e. The van der Waals surface area contributed by atoms with Crippen LogP contribution in [-0.2, 0) is 10.0 Å². The van der Waals surface area contributed by atoms with Crippen LogP contribution in [0.15, 0.2) is 17.0 Å². The van der Waals surface area contributed by atoms with E-state index in [4.69, 9.17) is 23.2 Å². The molecule has 2 heterocycles. The zero-order valence-corrected chi connectivity index (χ0v) is 12.8. The van der Waals surface area contributed by atoms with E-state index in [1.54, 1.807) is 0 Å². The average Bonchev–Trinajstić information content (AvgIpc) is 2.85. The van der Waals surface area contributed by atoms with Crippen LogP contribution in [0, 0.1) is 17.7 Å². The third kappa shape index (κ3) is 2.33. The summed E-state index contributed by atoms with van der Waals surface area (Å²) in [6.45, 7) is 2.54. The summed E-state index contributed by atoms with van der Waals surface area (Å²) in [6.07, 6.45) is 0. The van der Waals surface area contributed by atoms with E-state index >= 15 is 0 Å². The Morgan fingerprint density at radius 1 is 1.15 bits per heavy atom. The molecule has 0 aliphatic carbocycles. The molecule has 2 fully saturated rings. The minimum absolute atomic E-state index is 0.176. The van der Waals surface area contributed by atoms with Gasteiger partial charge in [0.15, 0.2) is 0 Å². The maximum atomic E-state index is 13.2. The molecule has 2 aliphatic heterocycles. The zero-order valence-electron chi connectivity index (χ0n) is 10.4. The smallest absolute Gasteiger partial charge is 0.246 e. The molecule has 3 rings (SSSR count). The number of sulfonamides is 1. The minimum atomic E-state index is -3.78. The van der Waals surface area contributed by atoms with Crippen LogP contribution in [-0.4, -0.2) is 38.9 Å². The normalized spacial score (nSPS) is 26.9. The lowest BCUT2D eigenvalue weighted by Gasteiger charge is -2.19. The number of nitrogens with zero attached hydrogens (tertiary/aromatic N) is 1. The molecule has 0 spiro atoms. The Morgan fingerprint density at radius 2 is 1.65 bits per heavy atom. The van der Waals surface area contributed by atoms with Crippen LogP contribution >= 0.6 is 23.2 Å². The molecular weight excluding hydrogens is 326 g/mol. The van der Waals surface area contributed by atoms with Crippen molar-refractivity contribution in [3.63, 3.8) is 0 Å². The first kappa shape index (κ1) is 14.5. The predicted molar refractivity (Wildman–Crippen MR) is 75.0 cm³/mol. The van der Waals surface area contributed by atoms with Gasteiger partial charge in [-0.2, -0.15) is 4.31 Å². The second-order valence-corrected chi connectivity index (χ2v) is 7.89. The molecular formula is C12H13Cl2FN2O2S. The van der Waals surface area contributed by atoms with Crippen molar-refractivity contribution in [2.45, 2.75) is 4.90 Å². The second kappa shape index (κ2) is 5.10. The molecule has 4 nitrogen and oxygen atoms in total. The van der Waals surface area contributed by atoms with E-state index in [-0.39, 0.29) is 14.9 Å². The number of fused-ring (bicyclic) bond motifs is 1. The number of halogens is 3. The Balaban J connectivity index is 1.97. The maximum Gasteiger partial charge on any atom is 0.246 e. The van der Waals surface area contributed by atoms with Crippen LogP contribution < -0.4 is 5.32 Å². The van der Waals surface area contributed by atoms with Gasteiger partial charge in [-0.3, -0.25) is 0 Å². The SMILES string of the molecule is O=S(=O)(c1c(Cl)cc(F)cc1Cl)N1C[C@H]2CNC[C@H]2C1. The topological polar surface area (TPSA) is 49.4 Å². The standard InChI is InChI=1S/C12H13Cl2FN2O2S/c13-10-1-9(15)2-11(14)12(10)20(18,19)17-5-7-3-16-4-8(7)6-17/h1-2,7-8,16H,3-6H2/t7-,8+. The van der Waals surface area contributed by atoms with Gasteiger partial charge in [-0.15, -0.1) is 0 Å². The molecule has 0 radical (unpaired) electrons. The van der Waals surface area contributed by atoms with E-state index in [9.17, 15) is 12.8 Å². The van der Waals surface area contributed by atoms with Gasteiger partial charge in [-0.25, -0.2) is 12.8 Å². The summed E-state index contributed by atoms with van der Waals surface area (Å²) in [7, 11) is -3.78. The Morgan fingerprint density at radius 3 is 2.15 bits per heavy atom. The van der Waals surface area contributed by atoms with Gasteiger partial charge in [0.1, 0.15) is 10.7 Å². The summed E-state index contributed by atoms with van der Waals surface area (Å²) in [4.78, 5) is -0.199. The number of hydrogen-bond donors (Lipinski definition) is 1. The van der Waals surface area contributed by atoms with E-state index in [0.717, 1.165) is 25.2 Å². The molecule has 0 unspecified atom stereocenters. The van der Waals surface area contributed by atoms with E-state index in [1.807, 2.05) is 0 Å². The van der Waals surface area contributed by atoms with Gasteiger partial charge >= 0.3 is 0 Å². The van der Waals surface area contributed by atoms with E-state index < -0.39 is 15.8 Å². The van der Waals surface area contributed by atoms with Crippen molar-refractivity contribution < 1.29 is 12.8 Å². The summed E-state index contributed by atoms with van der Waals surface area (Å²) in [5.41, 5.74) is 0. The van der Waals surface area contributed by atoms with Crippen molar-refractivity contribution in [3.8, 4) is 0 Å². The van der Waals surface area contributed by atoms with Gasteiger partial charge in [0.2, 0.25) is 10.0 Å². The molecule has 0 bridgehead atoms. The fourth-order valence-electron chi connectivity index (χ4n) is 2.91. The van der Waals surface area contributed by atoms with Crippen LogP contribution in [0.2, 0.25) is 10.0 Å². The van der Waals surface area contributed by atoms with Crippen molar-refractivity contribution in [3.05, 3.63) is 28.0 Å². The first-order chi connectivity index (χ1) is 9.39. The number of benzene rings is 1. The Hall–Kier alpha value is -0.400. The van der Waals surface area contributed by atoms with E-state index in [0.29, 0.717) is 24.9 Å². The monoisotopic (exact) mass is 338 g/mol. The van der Waals surface area contributed by atoms with Crippen LogP contribution in [0.1, 0.15) is 0 Å². The number of hydrogen-bond acceptors (Lipinski definition) is 3. The summed E-state index contributed by atoms with van der Waals surface area (Å²) in [5, 5.41) is 2.89. The zero-order chi connectivity index (χ0) is 14.5. The number of nitrogens with one attached hydrogen (secondary N) is 1. The fourth-order valence-corrected chi connectivity index (χ4v) is 5.60. The average molecular weight is 339 g/mol. The van der Waals surface area contributed by atoms with Crippen molar-refractivity contribution in [2.24, 2.45) is 11.8 Å². The molecule has 20 heavy (non-hydrogen) atoms. The van der Waals surface area contributed by atoms with Crippen LogP contribution in [0.25, 0.3) is 0 Å². The largest absolute Gasteiger partial charge is 0.316 e. The summed E-state index contributed by atoms with van der Waals surface area (Å²) in [5.74, 6) is -0.00742. The highest BCUT2D eigenvalue weighted by atomic mass is 35.5. The third-order valence-corrected chi connectivity index (χ3v) is 6.67. The molecule has 0 saturated carbocycles. The summed E-state index contributed by atoms with van der Waals surface area (Å²) in [6, 6.07) is 1.94. The second-order valence-electron chi connectivity index (χ2n) is 5.20. The molecule has 2 aliphatic rings. The Labute approximate surface area is 126 Å². The molecule has 8 heteroatoms. The van der Waals surface area contributed by atoms with Crippen molar-refractivity contribution in [2.75, 3.05) is 26.2 Å². The molecule has 0 amide bonds. The van der Waals surface area contributed by atoms with Gasteiger partial charge in [-0.05, 0) is 37.1 Å². The predicted octanol–water partition coefficient (Wildman–Crippen LogP) is 1.97. The molecule has 2 atom stereocenters. The van der Waals surface area contributed by atoms with Gasteiger partial charge in [0, 0.05) is 13.1 Å². The summed E-state index contributed by atoms with van der Waals surface area (Å²) < 4.78 is 39.8.